The molecule has 3 rings (SSSR count). The van der Waals surface area contributed by atoms with E-state index in [2.05, 4.69) is 22.1 Å². The Morgan fingerprint density at radius 1 is 1.25 bits per heavy atom. The van der Waals surface area contributed by atoms with Crippen LogP contribution >= 0.6 is 0 Å². The summed E-state index contributed by atoms with van der Waals surface area (Å²) in [5.74, 6) is 1.01. The Hall–Kier alpha value is -0.850. The van der Waals surface area contributed by atoms with E-state index in [0.29, 0.717) is 12.2 Å². The molecule has 0 bridgehead atoms. The van der Waals surface area contributed by atoms with Crippen molar-refractivity contribution in [3.8, 4) is 0 Å². The maximum atomic E-state index is 6.10. The molecule has 3 fully saturated rings. The fraction of sp³-hybridized carbons (Fsp3) is 0.944. The Labute approximate surface area is 145 Å². The lowest BCUT2D eigenvalue weighted by Crippen LogP contribution is -2.53. The van der Waals surface area contributed by atoms with Crippen molar-refractivity contribution in [3.63, 3.8) is 0 Å². The van der Waals surface area contributed by atoms with Gasteiger partial charge in [0.15, 0.2) is 5.96 Å². The van der Waals surface area contributed by atoms with Crippen LogP contribution in [0.5, 0.6) is 0 Å². The molecule has 138 valence electrons. The van der Waals surface area contributed by atoms with Crippen LogP contribution in [0.2, 0.25) is 0 Å². The second-order valence-corrected chi connectivity index (χ2v) is 7.71. The number of nitrogens with zero attached hydrogens (tertiary/aromatic N) is 2. The second kappa shape index (κ2) is 8.50. The van der Waals surface area contributed by atoms with Crippen LogP contribution in [0.25, 0.3) is 0 Å². The van der Waals surface area contributed by atoms with Crippen molar-refractivity contribution in [2.45, 2.75) is 51.2 Å². The zero-order valence-electron chi connectivity index (χ0n) is 15.3. The molecule has 3 aliphatic heterocycles. The van der Waals surface area contributed by atoms with Gasteiger partial charge >= 0.3 is 0 Å². The van der Waals surface area contributed by atoms with Crippen LogP contribution in [0.15, 0.2) is 4.99 Å². The first kappa shape index (κ1) is 18.0. The van der Waals surface area contributed by atoms with Gasteiger partial charge in [-0.2, -0.15) is 0 Å². The first-order valence-electron chi connectivity index (χ1n) is 9.45. The number of hydrogen-bond donors (Lipinski definition) is 1. The van der Waals surface area contributed by atoms with Gasteiger partial charge in [-0.1, -0.05) is 6.92 Å². The minimum atomic E-state index is 0.261. The highest BCUT2D eigenvalue weighted by Gasteiger charge is 2.34. The van der Waals surface area contributed by atoms with Crippen molar-refractivity contribution in [1.82, 2.24) is 10.2 Å². The predicted molar refractivity (Wildman–Crippen MR) is 94.4 cm³/mol. The summed E-state index contributed by atoms with van der Waals surface area (Å²) < 4.78 is 17.2. The maximum Gasteiger partial charge on any atom is 0.193 e. The standard InChI is InChI=1S/C18H33N3O3/c1-18(13-22-14-18)12-20-17(19-2)21-8-6-15(7-9-21)24-11-16-5-3-4-10-23-16/h15-16H,3-14H2,1-2H3,(H,19,20). The smallest absolute Gasteiger partial charge is 0.193 e. The van der Waals surface area contributed by atoms with Crippen LogP contribution in [0.4, 0.5) is 0 Å². The van der Waals surface area contributed by atoms with Crippen LogP contribution in [0.1, 0.15) is 39.0 Å². The highest BCUT2D eigenvalue weighted by molar-refractivity contribution is 5.80. The van der Waals surface area contributed by atoms with Gasteiger partial charge in [-0.25, -0.2) is 0 Å². The topological polar surface area (TPSA) is 55.3 Å². The molecule has 1 N–H and O–H groups in total. The van der Waals surface area contributed by atoms with Crippen LogP contribution in [-0.2, 0) is 14.2 Å². The molecular formula is C18H33N3O3. The predicted octanol–water partition coefficient (Wildman–Crippen LogP) is 1.65. The van der Waals surface area contributed by atoms with Crippen molar-refractivity contribution >= 4 is 5.96 Å². The molecule has 3 aliphatic rings. The van der Waals surface area contributed by atoms with Crippen LogP contribution < -0.4 is 5.32 Å². The highest BCUT2D eigenvalue weighted by Crippen LogP contribution is 2.25. The van der Waals surface area contributed by atoms with Gasteiger partial charge in [0.1, 0.15) is 0 Å². The van der Waals surface area contributed by atoms with Crippen molar-refractivity contribution in [1.29, 1.82) is 0 Å². The first-order valence-corrected chi connectivity index (χ1v) is 9.45. The summed E-state index contributed by atoms with van der Waals surface area (Å²) in [5, 5.41) is 3.52. The number of hydrogen-bond acceptors (Lipinski definition) is 4. The number of rotatable bonds is 5. The average molecular weight is 339 g/mol. The van der Waals surface area contributed by atoms with E-state index in [1.54, 1.807) is 0 Å². The van der Waals surface area contributed by atoms with Crippen LogP contribution in [0, 0.1) is 5.41 Å². The first-order chi connectivity index (χ1) is 11.7. The molecule has 3 heterocycles. The molecule has 0 aromatic carbocycles. The largest absolute Gasteiger partial charge is 0.380 e. The molecule has 0 radical (unpaired) electrons. The Balaban J connectivity index is 1.35. The molecule has 0 aromatic heterocycles. The monoisotopic (exact) mass is 339 g/mol. The average Bonchev–Trinajstić information content (AvgIpc) is 2.61. The number of ether oxygens (including phenoxy) is 3. The lowest BCUT2D eigenvalue weighted by Gasteiger charge is -2.40. The summed E-state index contributed by atoms with van der Waals surface area (Å²) in [7, 11) is 1.87. The number of guanidine groups is 1. The van der Waals surface area contributed by atoms with E-state index in [-0.39, 0.29) is 5.41 Å². The fourth-order valence-corrected chi connectivity index (χ4v) is 3.59. The molecule has 6 heteroatoms. The molecule has 6 nitrogen and oxygen atoms in total. The number of aliphatic imine (C=N–C) groups is 1. The normalized spacial score (nSPS) is 28.5. The number of piperidine rings is 1. The fourth-order valence-electron chi connectivity index (χ4n) is 3.59. The van der Waals surface area contributed by atoms with Crippen molar-refractivity contribution in [2.24, 2.45) is 10.4 Å². The zero-order chi connectivity index (χ0) is 16.8. The third-order valence-corrected chi connectivity index (χ3v) is 5.32. The summed E-state index contributed by atoms with van der Waals surface area (Å²) in [5.41, 5.74) is 0.261. The zero-order valence-corrected chi connectivity index (χ0v) is 15.3. The van der Waals surface area contributed by atoms with Crippen LogP contribution in [0.3, 0.4) is 0 Å². The molecule has 0 spiro atoms. The van der Waals surface area contributed by atoms with E-state index in [1.165, 1.54) is 12.8 Å². The van der Waals surface area contributed by atoms with E-state index >= 15 is 0 Å². The molecule has 3 saturated heterocycles. The van der Waals surface area contributed by atoms with E-state index in [1.807, 2.05) is 7.05 Å². The summed E-state index contributed by atoms with van der Waals surface area (Å²) in [4.78, 5) is 6.79. The van der Waals surface area contributed by atoms with Gasteiger partial charge in [0, 0.05) is 38.7 Å². The lowest BCUT2D eigenvalue weighted by molar-refractivity contribution is -0.0974. The minimum absolute atomic E-state index is 0.261. The molecular weight excluding hydrogens is 306 g/mol. The minimum Gasteiger partial charge on any atom is -0.380 e. The Morgan fingerprint density at radius 2 is 2.04 bits per heavy atom. The molecule has 0 aliphatic carbocycles. The number of nitrogens with one attached hydrogen (secondary N) is 1. The van der Waals surface area contributed by atoms with Gasteiger partial charge in [0.25, 0.3) is 0 Å². The Bertz CT molecular complexity index is 412. The summed E-state index contributed by atoms with van der Waals surface area (Å²) in [6.45, 7) is 8.53. The molecule has 24 heavy (non-hydrogen) atoms. The highest BCUT2D eigenvalue weighted by atomic mass is 16.5. The summed E-state index contributed by atoms with van der Waals surface area (Å²) in [6.07, 6.45) is 6.43. The SMILES string of the molecule is CN=C(NCC1(C)COC1)N1CCC(OCC2CCCCO2)CC1. The van der Waals surface area contributed by atoms with E-state index in [4.69, 9.17) is 14.2 Å². The van der Waals surface area contributed by atoms with Gasteiger partial charge in [-0.05, 0) is 32.1 Å². The summed E-state index contributed by atoms with van der Waals surface area (Å²) in [6, 6.07) is 0. The number of likely N-dealkylation sites (tertiary alicyclic amines) is 1. The van der Waals surface area contributed by atoms with Crippen molar-refractivity contribution in [2.75, 3.05) is 53.1 Å². The van der Waals surface area contributed by atoms with Crippen molar-refractivity contribution < 1.29 is 14.2 Å². The van der Waals surface area contributed by atoms with E-state index < -0.39 is 0 Å². The summed E-state index contributed by atoms with van der Waals surface area (Å²) >= 11 is 0. The van der Waals surface area contributed by atoms with Gasteiger partial charge in [-0.15, -0.1) is 0 Å². The van der Waals surface area contributed by atoms with Gasteiger partial charge in [-0.3, -0.25) is 4.99 Å². The molecule has 0 amide bonds. The third-order valence-electron chi connectivity index (χ3n) is 5.32. The van der Waals surface area contributed by atoms with E-state index in [0.717, 1.165) is 71.3 Å². The molecule has 0 saturated carbocycles. The Kier molecular flexibility index (Phi) is 6.36. The quantitative estimate of drug-likeness (QED) is 0.610. The molecule has 0 aromatic rings. The van der Waals surface area contributed by atoms with Crippen LogP contribution in [-0.4, -0.2) is 76.2 Å². The molecule has 1 unspecified atom stereocenters. The lowest BCUT2D eigenvalue weighted by atomic mass is 9.89. The Morgan fingerprint density at radius 3 is 2.62 bits per heavy atom. The second-order valence-electron chi connectivity index (χ2n) is 7.71. The van der Waals surface area contributed by atoms with Gasteiger partial charge < -0.3 is 24.4 Å². The maximum absolute atomic E-state index is 6.10. The molecule has 1 atom stereocenters. The van der Waals surface area contributed by atoms with Crippen molar-refractivity contribution in [3.05, 3.63) is 0 Å². The van der Waals surface area contributed by atoms with Gasteiger partial charge in [0.2, 0.25) is 0 Å². The van der Waals surface area contributed by atoms with E-state index in [9.17, 15) is 0 Å². The third kappa shape index (κ3) is 4.83. The van der Waals surface area contributed by atoms with Gasteiger partial charge in [0.05, 0.1) is 32.0 Å².